The molecule has 2 rings (SSSR count). The summed E-state index contributed by atoms with van der Waals surface area (Å²) in [5, 5.41) is 12.6. The molecular weight excluding hydrogens is 216 g/mol. The quantitative estimate of drug-likeness (QED) is 0.823. The molecule has 0 bridgehead atoms. The van der Waals surface area contributed by atoms with Crippen molar-refractivity contribution in [3.63, 3.8) is 0 Å². The van der Waals surface area contributed by atoms with Gasteiger partial charge in [-0.05, 0) is 37.1 Å². The van der Waals surface area contributed by atoms with Crippen molar-refractivity contribution < 1.29 is 9.90 Å². The number of phenols is 1. The Balaban J connectivity index is 1.96. The Morgan fingerprint density at radius 3 is 3.06 bits per heavy atom. The zero-order valence-electron chi connectivity index (χ0n) is 10.0. The molecule has 1 aromatic rings. The van der Waals surface area contributed by atoms with Gasteiger partial charge in [-0.1, -0.05) is 12.1 Å². The minimum Gasteiger partial charge on any atom is -0.508 e. The number of hydrogen-bond acceptors (Lipinski definition) is 3. The molecule has 1 saturated heterocycles. The van der Waals surface area contributed by atoms with E-state index in [0.29, 0.717) is 6.54 Å². The molecule has 4 nitrogen and oxygen atoms in total. The van der Waals surface area contributed by atoms with Crippen LogP contribution in [-0.2, 0) is 11.3 Å². The first kappa shape index (κ1) is 11.9. The highest BCUT2D eigenvalue weighted by molar-refractivity contribution is 5.81. The smallest absolute Gasteiger partial charge is 0.239 e. The number of carbonyl (C=O) groups is 1. The molecule has 2 N–H and O–H groups in total. The Hall–Kier alpha value is -1.55. The molecule has 92 valence electrons. The first-order valence-electron chi connectivity index (χ1n) is 5.93. The molecular formula is C13H18N2O2. The molecule has 0 radical (unpaired) electrons. The van der Waals surface area contributed by atoms with E-state index in [2.05, 4.69) is 5.32 Å². The number of aromatic hydroxyl groups is 1. The van der Waals surface area contributed by atoms with E-state index in [4.69, 9.17) is 0 Å². The lowest BCUT2D eigenvalue weighted by Gasteiger charge is -2.21. The summed E-state index contributed by atoms with van der Waals surface area (Å²) < 4.78 is 0. The summed E-state index contributed by atoms with van der Waals surface area (Å²) in [6.07, 6.45) is 1.99. The number of likely N-dealkylation sites (N-methyl/N-ethyl adjacent to an activating group) is 1. The average Bonchev–Trinajstić information content (AvgIpc) is 2.81. The maximum atomic E-state index is 12.0. The number of nitrogens with zero attached hydrogens (tertiary/aromatic N) is 1. The van der Waals surface area contributed by atoms with Gasteiger partial charge in [0.05, 0.1) is 6.04 Å². The molecule has 1 aliphatic rings. The molecule has 1 aliphatic heterocycles. The Kier molecular flexibility index (Phi) is 3.64. The molecule has 1 amide bonds. The van der Waals surface area contributed by atoms with Crippen LogP contribution in [0.25, 0.3) is 0 Å². The third-order valence-corrected chi connectivity index (χ3v) is 3.06. The van der Waals surface area contributed by atoms with Crippen LogP contribution in [0.15, 0.2) is 24.3 Å². The highest BCUT2D eigenvalue weighted by Crippen LogP contribution is 2.14. The van der Waals surface area contributed by atoms with Gasteiger partial charge in [0.1, 0.15) is 5.75 Å². The highest BCUT2D eigenvalue weighted by atomic mass is 16.3. The molecule has 1 atom stereocenters. The van der Waals surface area contributed by atoms with Crippen molar-refractivity contribution in [2.45, 2.75) is 25.4 Å². The second-order valence-electron chi connectivity index (χ2n) is 4.51. The summed E-state index contributed by atoms with van der Waals surface area (Å²) in [4.78, 5) is 13.7. The molecule has 1 aromatic carbocycles. The van der Waals surface area contributed by atoms with Gasteiger partial charge in [0.2, 0.25) is 5.91 Å². The maximum Gasteiger partial charge on any atom is 0.239 e. The van der Waals surface area contributed by atoms with Gasteiger partial charge in [-0.25, -0.2) is 0 Å². The molecule has 1 fully saturated rings. The van der Waals surface area contributed by atoms with Crippen molar-refractivity contribution in [1.29, 1.82) is 0 Å². The van der Waals surface area contributed by atoms with Crippen molar-refractivity contribution >= 4 is 5.91 Å². The first-order valence-corrected chi connectivity index (χ1v) is 5.93. The van der Waals surface area contributed by atoms with Crippen LogP contribution < -0.4 is 5.32 Å². The molecule has 0 unspecified atom stereocenters. The van der Waals surface area contributed by atoms with Crippen LogP contribution in [0.5, 0.6) is 5.75 Å². The summed E-state index contributed by atoms with van der Waals surface area (Å²) in [6, 6.07) is 6.98. The Morgan fingerprint density at radius 2 is 2.41 bits per heavy atom. The number of benzene rings is 1. The predicted molar refractivity (Wildman–Crippen MR) is 65.6 cm³/mol. The summed E-state index contributed by atoms with van der Waals surface area (Å²) in [6.45, 7) is 1.46. The summed E-state index contributed by atoms with van der Waals surface area (Å²) in [5.74, 6) is 0.369. The molecule has 0 saturated carbocycles. The fourth-order valence-corrected chi connectivity index (χ4v) is 2.17. The minimum absolute atomic E-state index is 0.0303. The van der Waals surface area contributed by atoms with Crippen molar-refractivity contribution in [1.82, 2.24) is 10.2 Å². The van der Waals surface area contributed by atoms with Gasteiger partial charge >= 0.3 is 0 Å². The lowest BCUT2D eigenvalue weighted by Crippen LogP contribution is -2.41. The van der Waals surface area contributed by atoms with Crippen molar-refractivity contribution in [3.8, 4) is 5.75 Å². The fourth-order valence-electron chi connectivity index (χ4n) is 2.17. The van der Waals surface area contributed by atoms with Gasteiger partial charge in [-0.15, -0.1) is 0 Å². The molecule has 0 aromatic heterocycles. The standard InChI is InChI=1S/C13H18N2O2/c1-15(13(17)12-6-3-7-14-12)9-10-4-2-5-11(16)8-10/h2,4-5,8,12,14,16H,3,6-7,9H2,1H3/t12-/m0/s1. The normalized spacial score (nSPS) is 19.2. The van der Waals surface area contributed by atoms with Crippen molar-refractivity contribution in [2.24, 2.45) is 0 Å². The Morgan fingerprint density at radius 1 is 1.59 bits per heavy atom. The third-order valence-electron chi connectivity index (χ3n) is 3.06. The van der Waals surface area contributed by atoms with Gasteiger partial charge in [-0.2, -0.15) is 0 Å². The Bertz CT molecular complexity index is 400. The number of nitrogens with one attached hydrogen (secondary N) is 1. The lowest BCUT2D eigenvalue weighted by atomic mass is 10.1. The van der Waals surface area contributed by atoms with Crippen LogP contribution in [0, 0.1) is 0 Å². The van der Waals surface area contributed by atoms with Crippen LogP contribution in [-0.4, -0.2) is 35.5 Å². The highest BCUT2D eigenvalue weighted by Gasteiger charge is 2.24. The monoisotopic (exact) mass is 234 g/mol. The number of rotatable bonds is 3. The number of phenolic OH excluding ortho intramolecular Hbond substituents is 1. The van der Waals surface area contributed by atoms with E-state index in [0.717, 1.165) is 24.9 Å². The van der Waals surface area contributed by atoms with Crippen molar-refractivity contribution in [3.05, 3.63) is 29.8 Å². The van der Waals surface area contributed by atoms with Crippen LogP contribution in [0.2, 0.25) is 0 Å². The minimum atomic E-state index is -0.0303. The number of amides is 1. The van der Waals surface area contributed by atoms with E-state index >= 15 is 0 Å². The zero-order chi connectivity index (χ0) is 12.3. The average molecular weight is 234 g/mol. The van der Waals surface area contributed by atoms with Crippen LogP contribution in [0.4, 0.5) is 0 Å². The van der Waals surface area contributed by atoms with E-state index in [-0.39, 0.29) is 17.7 Å². The van der Waals surface area contributed by atoms with Crippen LogP contribution in [0.3, 0.4) is 0 Å². The van der Waals surface area contributed by atoms with Crippen LogP contribution >= 0.6 is 0 Å². The van der Waals surface area contributed by atoms with E-state index in [1.165, 1.54) is 0 Å². The van der Waals surface area contributed by atoms with E-state index in [1.807, 2.05) is 6.07 Å². The fraction of sp³-hybridized carbons (Fsp3) is 0.462. The summed E-state index contributed by atoms with van der Waals surface area (Å²) in [7, 11) is 1.80. The summed E-state index contributed by atoms with van der Waals surface area (Å²) >= 11 is 0. The molecule has 1 heterocycles. The van der Waals surface area contributed by atoms with Gasteiger partial charge in [0, 0.05) is 13.6 Å². The Labute approximate surface area is 101 Å². The number of carbonyl (C=O) groups excluding carboxylic acids is 1. The summed E-state index contributed by atoms with van der Waals surface area (Å²) in [5.41, 5.74) is 0.943. The van der Waals surface area contributed by atoms with Gasteiger partial charge in [-0.3, -0.25) is 4.79 Å². The predicted octanol–water partition coefficient (Wildman–Crippen LogP) is 1.10. The van der Waals surface area contributed by atoms with E-state index in [1.54, 1.807) is 30.1 Å². The molecule has 0 aliphatic carbocycles. The number of hydrogen-bond donors (Lipinski definition) is 2. The lowest BCUT2D eigenvalue weighted by molar-refractivity contribution is -0.132. The molecule has 17 heavy (non-hydrogen) atoms. The second-order valence-corrected chi connectivity index (χ2v) is 4.51. The topological polar surface area (TPSA) is 52.6 Å². The second kappa shape index (κ2) is 5.19. The third kappa shape index (κ3) is 2.97. The molecule has 4 heteroatoms. The van der Waals surface area contributed by atoms with E-state index < -0.39 is 0 Å². The largest absolute Gasteiger partial charge is 0.508 e. The van der Waals surface area contributed by atoms with Gasteiger partial charge < -0.3 is 15.3 Å². The van der Waals surface area contributed by atoms with Gasteiger partial charge in [0.15, 0.2) is 0 Å². The van der Waals surface area contributed by atoms with Crippen LogP contribution in [0.1, 0.15) is 18.4 Å². The zero-order valence-corrected chi connectivity index (χ0v) is 10.0. The maximum absolute atomic E-state index is 12.0. The molecule has 0 spiro atoms. The first-order chi connectivity index (χ1) is 8.16. The SMILES string of the molecule is CN(Cc1cccc(O)c1)C(=O)[C@@H]1CCCN1. The van der Waals surface area contributed by atoms with E-state index in [9.17, 15) is 9.90 Å². The van der Waals surface area contributed by atoms with Gasteiger partial charge in [0.25, 0.3) is 0 Å². The van der Waals surface area contributed by atoms with Crippen molar-refractivity contribution in [2.75, 3.05) is 13.6 Å².